The summed E-state index contributed by atoms with van der Waals surface area (Å²) in [5, 5.41) is 3.73. The Morgan fingerprint density at radius 3 is 1.42 bits per heavy atom. The summed E-state index contributed by atoms with van der Waals surface area (Å²) in [4.78, 5) is 37.8. The Bertz CT molecular complexity index is 2860. The number of likely N-dealkylation sites (tertiary alicyclic amines) is 2. The molecule has 14 nitrogen and oxygen atoms in total. The number of carbonyl (C=O) groups is 2. The number of hydrogen-bond acceptors (Lipinski definition) is 12. The van der Waals surface area contributed by atoms with Crippen LogP contribution in [0.2, 0.25) is 0 Å². The summed E-state index contributed by atoms with van der Waals surface area (Å²) in [7, 11) is 3.20. The number of nitrogens with zero attached hydrogens (tertiary/aromatic N) is 4. The molecule has 6 aliphatic rings. The van der Waals surface area contributed by atoms with Gasteiger partial charge in [0.2, 0.25) is 23.1 Å². The summed E-state index contributed by atoms with van der Waals surface area (Å²) in [6.07, 6.45) is 18.7. The Morgan fingerprint density at radius 2 is 1.02 bits per heavy atom. The van der Waals surface area contributed by atoms with Crippen molar-refractivity contribution < 1.29 is 38.0 Å². The van der Waals surface area contributed by atoms with Gasteiger partial charge in [-0.15, -0.1) is 0 Å². The van der Waals surface area contributed by atoms with Crippen LogP contribution >= 0.6 is 0 Å². The first-order chi connectivity index (χ1) is 39.8. The van der Waals surface area contributed by atoms with E-state index in [0.29, 0.717) is 108 Å². The SMILES string of the molecule is COc1cc(C(=O)N(C/C(C)=C/c2ccccc2)C[C@@H]2CCCN2CC2CCC(N)CC2)cc2c1OC(C)(C)O2.COc1cc(C(=O)N(C/C(C)=C/c2ccccc2)C[C@@H]2CCCN2CC2CCC(NC(C)C)CC2)cc2c1OC(C)(C)O2. The third-order valence-electron chi connectivity index (χ3n) is 17.4. The predicted molar refractivity (Wildman–Crippen MR) is 332 cm³/mol. The monoisotopic (exact) mass is 1140 g/mol. The number of benzene rings is 4. The Labute approximate surface area is 496 Å². The zero-order chi connectivity index (χ0) is 58.8. The number of ether oxygens (including phenoxy) is 6. The van der Waals surface area contributed by atoms with E-state index in [1.165, 1.54) is 51.4 Å². The maximum atomic E-state index is 14.3. The minimum Gasteiger partial charge on any atom is -0.493 e. The fourth-order valence-electron chi connectivity index (χ4n) is 13.5. The van der Waals surface area contributed by atoms with Gasteiger partial charge in [-0.05, 0) is 151 Å². The number of nitrogens with two attached hydrogens (primary N) is 1. The molecule has 2 aliphatic carbocycles. The van der Waals surface area contributed by atoms with E-state index in [1.807, 2.05) is 80.0 Å². The maximum absolute atomic E-state index is 14.3. The second-order valence-corrected chi connectivity index (χ2v) is 25.8. The number of carbonyl (C=O) groups excluding carboxylic acids is 2. The van der Waals surface area contributed by atoms with Gasteiger partial charge in [-0.3, -0.25) is 19.4 Å². The highest BCUT2D eigenvalue weighted by Crippen LogP contribution is 2.48. The van der Waals surface area contributed by atoms with Gasteiger partial charge in [0.1, 0.15) is 0 Å². The van der Waals surface area contributed by atoms with E-state index in [4.69, 9.17) is 34.2 Å². The van der Waals surface area contributed by atoms with Crippen molar-refractivity contribution in [2.24, 2.45) is 17.6 Å². The Hall–Kier alpha value is -6.06. The number of amides is 2. The van der Waals surface area contributed by atoms with Crippen molar-refractivity contribution in [2.75, 3.05) is 66.6 Å². The summed E-state index contributed by atoms with van der Waals surface area (Å²) in [6, 6.07) is 30.1. The third-order valence-corrected chi connectivity index (χ3v) is 17.4. The summed E-state index contributed by atoms with van der Waals surface area (Å²) >= 11 is 0. The minimum absolute atomic E-state index is 0.0117. The van der Waals surface area contributed by atoms with Crippen molar-refractivity contribution in [3.8, 4) is 34.5 Å². The van der Waals surface area contributed by atoms with Gasteiger partial charge in [-0.2, -0.15) is 0 Å². The summed E-state index contributed by atoms with van der Waals surface area (Å²) in [5.41, 5.74) is 11.8. The van der Waals surface area contributed by atoms with Crippen molar-refractivity contribution in [3.05, 3.63) is 118 Å². The molecular weight excluding hydrogens is 1040 g/mol. The molecule has 2 saturated heterocycles. The molecule has 14 heteroatoms. The van der Waals surface area contributed by atoms with E-state index >= 15 is 0 Å². The summed E-state index contributed by atoms with van der Waals surface area (Å²) < 4.78 is 35.2. The Balaban J connectivity index is 0.000000200. The lowest BCUT2D eigenvalue weighted by Crippen LogP contribution is -2.46. The summed E-state index contributed by atoms with van der Waals surface area (Å²) in [5.74, 6) is 3.01. The molecular formula is C69H96N6O8. The molecule has 0 aromatic heterocycles. The van der Waals surface area contributed by atoms with Crippen LogP contribution in [0.25, 0.3) is 12.2 Å². The molecule has 4 aromatic carbocycles. The first kappa shape index (κ1) is 61.5. The Morgan fingerprint density at radius 1 is 0.614 bits per heavy atom. The van der Waals surface area contributed by atoms with Gasteiger partial charge < -0.3 is 49.3 Å². The van der Waals surface area contributed by atoms with Crippen molar-refractivity contribution in [2.45, 2.75) is 174 Å². The van der Waals surface area contributed by atoms with Gasteiger partial charge in [-0.25, -0.2) is 0 Å². The van der Waals surface area contributed by atoms with Crippen LogP contribution in [-0.4, -0.2) is 140 Å². The Kier molecular flexibility index (Phi) is 20.6. The smallest absolute Gasteiger partial charge is 0.254 e. The molecule has 4 aromatic rings. The van der Waals surface area contributed by atoms with E-state index in [2.05, 4.69) is 79.2 Å². The number of nitrogens with one attached hydrogen (secondary N) is 1. The lowest BCUT2D eigenvalue weighted by molar-refractivity contribution is -0.0445. The molecule has 2 atom stereocenters. The lowest BCUT2D eigenvalue weighted by Gasteiger charge is -2.36. The lowest BCUT2D eigenvalue weighted by atomic mass is 9.85. The molecule has 4 aliphatic heterocycles. The second-order valence-electron chi connectivity index (χ2n) is 25.8. The van der Waals surface area contributed by atoms with Crippen LogP contribution in [0.1, 0.15) is 164 Å². The predicted octanol–water partition coefficient (Wildman–Crippen LogP) is 12.5. The van der Waals surface area contributed by atoms with Gasteiger partial charge in [0.15, 0.2) is 23.0 Å². The van der Waals surface area contributed by atoms with Gasteiger partial charge in [-0.1, -0.05) is 97.8 Å². The highest BCUT2D eigenvalue weighted by Gasteiger charge is 2.39. The molecule has 10 rings (SSSR count). The molecule has 2 saturated carbocycles. The molecule has 2 amide bonds. The van der Waals surface area contributed by atoms with E-state index in [-0.39, 0.29) is 11.8 Å². The molecule has 4 fully saturated rings. The van der Waals surface area contributed by atoms with Gasteiger partial charge in [0, 0.05) is 108 Å². The van der Waals surface area contributed by atoms with Crippen molar-refractivity contribution in [1.29, 1.82) is 0 Å². The average Bonchev–Trinajstić information content (AvgIpc) is 2.76. The van der Waals surface area contributed by atoms with Crippen LogP contribution in [0.3, 0.4) is 0 Å². The van der Waals surface area contributed by atoms with Crippen molar-refractivity contribution in [1.82, 2.24) is 24.9 Å². The molecule has 0 bridgehead atoms. The normalized spacial score (nSPS) is 23.9. The number of fused-ring (bicyclic) bond motifs is 2. The number of methoxy groups -OCH3 is 2. The van der Waals surface area contributed by atoms with Crippen LogP contribution in [0.5, 0.6) is 34.5 Å². The van der Waals surface area contributed by atoms with Gasteiger partial charge in [0.05, 0.1) is 14.2 Å². The van der Waals surface area contributed by atoms with Crippen molar-refractivity contribution in [3.63, 3.8) is 0 Å². The van der Waals surface area contributed by atoms with E-state index in [1.54, 1.807) is 32.4 Å². The van der Waals surface area contributed by atoms with Gasteiger partial charge >= 0.3 is 0 Å². The average molecular weight is 1140 g/mol. The minimum atomic E-state index is -0.806. The van der Waals surface area contributed by atoms with Crippen LogP contribution in [0.15, 0.2) is 96.1 Å². The first-order valence-corrected chi connectivity index (χ1v) is 31.0. The zero-order valence-corrected chi connectivity index (χ0v) is 51.6. The molecule has 450 valence electrons. The van der Waals surface area contributed by atoms with Crippen LogP contribution < -0.4 is 39.5 Å². The molecule has 0 unspecified atom stereocenters. The molecule has 0 radical (unpaired) electrons. The fraction of sp³-hybridized carbons (Fsp3) is 0.565. The highest BCUT2D eigenvalue weighted by molar-refractivity contribution is 5.97. The number of rotatable bonds is 20. The van der Waals surface area contributed by atoms with Crippen LogP contribution in [-0.2, 0) is 0 Å². The molecule has 0 spiro atoms. The first-order valence-electron chi connectivity index (χ1n) is 31.0. The van der Waals surface area contributed by atoms with Crippen LogP contribution in [0, 0.1) is 11.8 Å². The molecule has 83 heavy (non-hydrogen) atoms. The zero-order valence-electron chi connectivity index (χ0n) is 51.6. The third kappa shape index (κ3) is 16.6. The topological polar surface area (TPSA) is 141 Å². The fourth-order valence-corrected chi connectivity index (χ4v) is 13.5. The number of hydrogen-bond donors (Lipinski definition) is 2. The molecule has 4 heterocycles. The molecule has 3 N–H and O–H groups in total. The van der Waals surface area contributed by atoms with Gasteiger partial charge in [0.25, 0.3) is 11.8 Å². The quantitative estimate of drug-likeness (QED) is 0.0870. The van der Waals surface area contributed by atoms with E-state index < -0.39 is 11.6 Å². The largest absolute Gasteiger partial charge is 0.493 e. The summed E-state index contributed by atoms with van der Waals surface area (Å²) in [6.45, 7) is 23.1. The van der Waals surface area contributed by atoms with E-state index in [0.717, 1.165) is 80.1 Å². The highest BCUT2D eigenvalue weighted by atomic mass is 16.7. The van der Waals surface area contributed by atoms with E-state index in [9.17, 15) is 9.59 Å². The van der Waals surface area contributed by atoms with Crippen molar-refractivity contribution >= 4 is 24.0 Å². The maximum Gasteiger partial charge on any atom is 0.254 e. The van der Waals surface area contributed by atoms with Crippen LogP contribution in [0.4, 0.5) is 0 Å². The standard InChI is InChI=1S/C36H51N3O4.C33H45N3O4/c1-25(2)37-30-16-14-28(15-17-30)23-38-18-10-13-31(38)24-39(22-26(3)19-27-11-8-7-9-12-27)35(40)29-20-32(41-6)34-33(21-29)42-36(4,5)43-34;1-23(17-24-9-6-5-7-10-24)20-36(22-28-11-8-16-35(28)21-25-12-14-27(34)15-13-25)32(37)26-18-29(38-4)31-30(19-26)39-33(2,3)40-31/h7-9,11-12,19-21,25,28,30-31,37H,10,13-18,22-24H2,1-6H3;5-7,9-10,17-19,25,27-28H,8,11-16,20-22,34H2,1-4H3/b26-19+;23-17+/t28?,30?,31-;25?,27?,28-/m00/s1. The second kappa shape index (κ2) is 27.8.